The Hall–Kier alpha value is -0.690. The van der Waals surface area contributed by atoms with E-state index in [4.69, 9.17) is 11.6 Å². The van der Waals surface area contributed by atoms with Crippen molar-refractivity contribution in [3.63, 3.8) is 0 Å². The predicted molar refractivity (Wildman–Crippen MR) is 81.4 cm³/mol. The van der Waals surface area contributed by atoms with Gasteiger partial charge < -0.3 is 4.90 Å². The zero-order valence-electron chi connectivity index (χ0n) is 12.2. The number of sulfonamides is 1. The van der Waals surface area contributed by atoms with E-state index in [2.05, 4.69) is 4.90 Å². The van der Waals surface area contributed by atoms with E-state index in [1.807, 2.05) is 7.05 Å². The van der Waals surface area contributed by atoms with Gasteiger partial charge in [-0.2, -0.15) is 4.31 Å². The van der Waals surface area contributed by atoms with Crippen LogP contribution in [0.2, 0.25) is 0 Å². The van der Waals surface area contributed by atoms with E-state index in [0.717, 1.165) is 25.5 Å². The summed E-state index contributed by atoms with van der Waals surface area (Å²) in [7, 11) is -0.216. The van der Waals surface area contributed by atoms with Crippen LogP contribution in [-0.4, -0.2) is 50.8 Å². The summed E-state index contributed by atoms with van der Waals surface area (Å²) >= 11 is 5.79. The van der Waals surface area contributed by atoms with Crippen molar-refractivity contribution in [2.75, 3.05) is 27.2 Å². The highest BCUT2D eigenvalue weighted by Crippen LogP contribution is 2.26. The molecule has 0 saturated carbocycles. The van der Waals surface area contributed by atoms with Crippen molar-refractivity contribution >= 4 is 21.6 Å². The molecule has 1 unspecified atom stereocenters. The van der Waals surface area contributed by atoms with Crippen molar-refractivity contribution in [1.29, 1.82) is 0 Å². The van der Waals surface area contributed by atoms with Crippen molar-refractivity contribution in [1.82, 2.24) is 9.21 Å². The predicted octanol–water partition coefficient (Wildman–Crippen LogP) is 2.28. The Bertz CT molecular complexity index is 609. The molecule has 1 fully saturated rings. The number of benzene rings is 1. The number of piperidine rings is 1. The molecule has 21 heavy (non-hydrogen) atoms. The highest BCUT2D eigenvalue weighted by atomic mass is 35.5. The van der Waals surface area contributed by atoms with Crippen LogP contribution >= 0.6 is 11.6 Å². The van der Waals surface area contributed by atoms with Gasteiger partial charge in [-0.05, 0) is 44.1 Å². The molecule has 0 aromatic heterocycles. The van der Waals surface area contributed by atoms with Crippen molar-refractivity contribution in [3.05, 3.63) is 29.6 Å². The number of rotatable bonds is 4. The van der Waals surface area contributed by atoms with Crippen LogP contribution in [0.25, 0.3) is 0 Å². The lowest BCUT2D eigenvalue weighted by atomic mass is 10.1. The monoisotopic (exact) mass is 334 g/mol. The average molecular weight is 335 g/mol. The number of halogens is 2. The van der Waals surface area contributed by atoms with E-state index in [-0.39, 0.29) is 16.8 Å². The number of hydrogen-bond donors (Lipinski definition) is 0. The molecule has 7 heteroatoms. The summed E-state index contributed by atoms with van der Waals surface area (Å²) in [5.74, 6) is -0.538. The van der Waals surface area contributed by atoms with Crippen LogP contribution in [0.5, 0.6) is 0 Å². The molecule has 1 saturated heterocycles. The molecule has 118 valence electrons. The van der Waals surface area contributed by atoms with Gasteiger partial charge in [0.05, 0.1) is 4.90 Å². The molecule has 0 bridgehead atoms. The van der Waals surface area contributed by atoms with Gasteiger partial charge in [0, 0.05) is 25.5 Å². The molecular weight excluding hydrogens is 315 g/mol. The summed E-state index contributed by atoms with van der Waals surface area (Å²) in [4.78, 5) is 2.07. The van der Waals surface area contributed by atoms with Crippen molar-refractivity contribution in [2.45, 2.75) is 29.7 Å². The van der Waals surface area contributed by atoms with Crippen molar-refractivity contribution < 1.29 is 12.8 Å². The van der Waals surface area contributed by atoms with Gasteiger partial charge in [0.25, 0.3) is 0 Å². The lowest BCUT2D eigenvalue weighted by Crippen LogP contribution is -2.47. The van der Waals surface area contributed by atoms with E-state index >= 15 is 0 Å². The number of likely N-dealkylation sites (N-methyl/N-ethyl adjacent to an activating group) is 2. The maximum Gasteiger partial charge on any atom is 0.243 e. The summed E-state index contributed by atoms with van der Waals surface area (Å²) in [5.41, 5.74) is 0.425. The molecular formula is C14H20ClFN2O2S. The molecule has 1 aliphatic rings. The second kappa shape index (κ2) is 6.60. The Morgan fingerprint density at radius 3 is 2.81 bits per heavy atom. The van der Waals surface area contributed by atoms with Crippen LogP contribution in [-0.2, 0) is 15.9 Å². The number of likely N-dealkylation sites (tertiary alicyclic amines) is 1. The fourth-order valence-electron chi connectivity index (χ4n) is 2.67. The van der Waals surface area contributed by atoms with Gasteiger partial charge in [-0.1, -0.05) is 6.07 Å². The minimum atomic E-state index is -3.75. The van der Waals surface area contributed by atoms with E-state index < -0.39 is 15.8 Å². The van der Waals surface area contributed by atoms with Gasteiger partial charge in [0.15, 0.2) is 0 Å². The molecule has 1 aliphatic heterocycles. The van der Waals surface area contributed by atoms with Gasteiger partial charge in [-0.3, -0.25) is 0 Å². The number of alkyl halides is 1. The fraction of sp³-hybridized carbons (Fsp3) is 0.571. The lowest BCUT2D eigenvalue weighted by Gasteiger charge is -2.35. The van der Waals surface area contributed by atoms with E-state index in [1.54, 1.807) is 7.05 Å². The quantitative estimate of drug-likeness (QED) is 0.793. The van der Waals surface area contributed by atoms with Crippen molar-refractivity contribution in [2.24, 2.45) is 0 Å². The van der Waals surface area contributed by atoms with Gasteiger partial charge in [0.1, 0.15) is 5.82 Å². The SMILES string of the molecule is CN1CCCC(N(C)S(=O)(=O)c2cc(F)ccc2CCl)C1. The van der Waals surface area contributed by atoms with E-state index in [0.29, 0.717) is 12.1 Å². The maximum absolute atomic E-state index is 13.4. The second-order valence-corrected chi connectivity index (χ2v) is 7.70. The molecule has 1 heterocycles. The third-order valence-corrected chi connectivity index (χ3v) is 6.22. The molecule has 0 N–H and O–H groups in total. The summed E-state index contributed by atoms with van der Waals surface area (Å²) in [5, 5.41) is 0. The Morgan fingerprint density at radius 1 is 1.48 bits per heavy atom. The minimum Gasteiger partial charge on any atom is -0.305 e. The largest absolute Gasteiger partial charge is 0.305 e. The smallest absolute Gasteiger partial charge is 0.243 e. The standard InChI is InChI=1S/C14H20ClFN2O2S/c1-17-7-3-4-13(10-17)18(2)21(19,20)14-8-12(16)6-5-11(14)9-15/h5-6,8,13H,3-4,7,9-10H2,1-2H3. The molecule has 1 aromatic rings. The van der Waals surface area contributed by atoms with Crippen LogP contribution in [0.1, 0.15) is 18.4 Å². The second-order valence-electron chi connectivity index (χ2n) is 5.47. The zero-order chi connectivity index (χ0) is 15.6. The summed E-state index contributed by atoms with van der Waals surface area (Å²) < 4.78 is 40.3. The first kappa shape index (κ1) is 16.7. The van der Waals surface area contributed by atoms with E-state index in [9.17, 15) is 12.8 Å². The molecule has 1 atom stereocenters. The Labute approximate surface area is 130 Å². The highest BCUT2D eigenvalue weighted by molar-refractivity contribution is 7.89. The first-order valence-corrected chi connectivity index (χ1v) is 8.84. The Morgan fingerprint density at radius 2 is 2.19 bits per heavy atom. The Balaban J connectivity index is 2.35. The van der Waals surface area contributed by atoms with Gasteiger partial charge in [-0.15, -0.1) is 11.6 Å². The summed E-state index contributed by atoms with van der Waals surface area (Å²) in [6.45, 7) is 1.65. The van der Waals surface area contributed by atoms with Gasteiger partial charge in [-0.25, -0.2) is 12.8 Å². The number of nitrogens with zero attached hydrogens (tertiary/aromatic N) is 2. The summed E-state index contributed by atoms with van der Waals surface area (Å²) in [6, 6.07) is 3.61. The molecule has 1 aromatic carbocycles. The summed E-state index contributed by atoms with van der Waals surface area (Å²) in [6.07, 6.45) is 1.76. The Kier molecular flexibility index (Phi) is 5.24. The van der Waals surface area contributed by atoms with Crippen LogP contribution in [0.15, 0.2) is 23.1 Å². The maximum atomic E-state index is 13.4. The van der Waals surface area contributed by atoms with Gasteiger partial charge >= 0.3 is 0 Å². The average Bonchev–Trinajstić information content (AvgIpc) is 2.46. The lowest BCUT2D eigenvalue weighted by molar-refractivity contribution is 0.187. The zero-order valence-corrected chi connectivity index (χ0v) is 13.8. The molecule has 0 amide bonds. The minimum absolute atomic E-state index is 0.0340. The number of hydrogen-bond acceptors (Lipinski definition) is 3. The third-order valence-electron chi connectivity index (χ3n) is 3.94. The van der Waals surface area contributed by atoms with E-state index in [1.165, 1.54) is 16.4 Å². The first-order valence-electron chi connectivity index (χ1n) is 6.87. The molecule has 4 nitrogen and oxygen atoms in total. The molecule has 2 rings (SSSR count). The first-order chi connectivity index (χ1) is 9.86. The fourth-order valence-corrected chi connectivity index (χ4v) is 4.59. The topological polar surface area (TPSA) is 40.6 Å². The molecule has 0 spiro atoms. The van der Waals surface area contributed by atoms with Gasteiger partial charge in [0.2, 0.25) is 10.0 Å². The van der Waals surface area contributed by atoms with Crippen molar-refractivity contribution in [3.8, 4) is 0 Å². The normalized spacial score (nSPS) is 20.9. The third kappa shape index (κ3) is 3.56. The molecule has 0 radical (unpaired) electrons. The molecule has 0 aliphatic carbocycles. The van der Waals surface area contributed by atoms with Crippen LogP contribution < -0.4 is 0 Å². The highest BCUT2D eigenvalue weighted by Gasteiger charge is 2.32. The van der Waals surface area contributed by atoms with Crippen LogP contribution in [0.3, 0.4) is 0 Å². The van der Waals surface area contributed by atoms with Crippen LogP contribution in [0, 0.1) is 5.82 Å². The van der Waals surface area contributed by atoms with Crippen LogP contribution in [0.4, 0.5) is 4.39 Å².